The molecule has 5 heteroatoms. The van der Waals surface area contributed by atoms with Gasteiger partial charge in [0, 0.05) is 27.8 Å². The first kappa shape index (κ1) is 23.9. The van der Waals surface area contributed by atoms with Crippen molar-refractivity contribution in [1.29, 1.82) is 0 Å². The van der Waals surface area contributed by atoms with Crippen LogP contribution in [0.15, 0.2) is 97.1 Å². The van der Waals surface area contributed by atoms with Gasteiger partial charge in [-0.3, -0.25) is 14.7 Å². The van der Waals surface area contributed by atoms with Crippen molar-refractivity contribution in [3.63, 3.8) is 0 Å². The van der Waals surface area contributed by atoms with Gasteiger partial charge in [0.05, 0.1) is 11.2 Å². The third-order valence-electron chi connectivity index (χ3n) is 6.30. The van der Waals surface area contributed by atoms with Gasteiger partial charge in [0.15, 0.2) is 5.78 Å². The number of nitrogens with one attached hydrogen (secondary N) is 2. The number of aromatic nitrogens is 2. The van der Waals surface area contributed by atoms with Gasteiger partial charge in [0.1, 0.15) is 0 Å². The van der Waals surface area contributed by atoms with Gasteiger partial charge in [0.2, 0.25) is 0 Å². The molecule has 0 aliphatic heterocycles. The molecule has 0 atom stereocenters. The molecule has 1 amide bonds. The number of ketones is 1. The van der Waals surface area contributed by atoms with Crippen LogP contribution in [0, 0.1) is 0 Å². The lowest BCUT2D eigenvalue weighted by Crippen LogP contribution is -2.15. The van der Waals surface area contributed by atoms with E-state index in [0.29, 0.717) is 22.4 Å². The molecule has 0 bridgehead atoms. The molecule has 0 spiro atoms. The summed E-state index contributed by atoms with van der Waals surface area (Å²) in [7, 11) is 0. The number of amides is 1. The number of carbonyl (C=O) groups excluding carboxylic acids is 2. The number of nitrogens with zero attached hydrogens (tertiary/aromatic N) is 1. The Morgan fingerprint density at radius 3 is 2.38 bits per heavy atom. The molecule has 0 saturated heterocycles. The Kier molecular flexibility index (Phi) is 6.77. The maximum absolute atomic E-state index is 13.3. The number of aromatic amines is 1. The molecule has 0 saturated carbocycles. The number of carbonyl (C=O) groups is 2. The minimum absolute atomic E-state index is 0.128. The predicted octanol–water partition coefficient (Wildman–Crippen LogP) is 7.34. The van der Waals surface area contributed by atoms with E-state index in [1.54, 1.807) is 24.3 Å². The summed E-state index contributed by atoms with van der Waals surface area (Å²) in [6, 6.07) is 30.2. The molecule has 37 heavy (non-hydrogen) atoms. The third kappa shape index (κ3) is 5.26. The fraction of sp³-hybridized carbons (Fsp3) is 0.0938. The van der Waals surface area contributed by atoms with E-state index in [0.717, 1.165) is 27.7 Å². The topological polar surface area (TPSA) is 74.8 Å². The maximum atomic E-state index is 13.3. The molecule has 2 N–H and O–H groups in total. The molecular weight excluding hydrogens is 458 g/mol. The Morgan fingerprint density at radius 2 is 1.57 bits per heavy atom. The van der Waals surface area contributed by atoms with Gasteiger partial charge >= 0.3 is 0 Å². The van der Waals surface area contributed by atoms with Crippen molar-refractivity contribution in [2.24, 2.45) is 0 Å². The van der Waals surface area contributed by atoms with Crippen LogP contribution in [0.2, 0.25) is 0 Å². The summed E-state index contributed by atoms with van der Waals surface area (Å²) in [5, 5.41) is 11.3. The number of anilines is 1. The molecule has 182 valence electrons. The van der Waals surface area contributed by atoms with E-state index in [-0.39, 0.29) is 17.6 Å². The average molecular weight is 486 g/mol. The van der Waals surface area contributed by atoms with Crippen LogP contribution in [0.25, 0.3) is 23.1 Å². The van der Waals surface area contributed by atoms with E-state index in [1.165, 1.54) is 0 Å². The minimum atomic E-state index is -0.191. The molecule has 5 aromatic rings. The second-order valence-corrected chi connectivity index (χ2v) is 9.22. The van der Waals surface area contributed by atoms with Gasteiger partial charge in [-0.05, 0) is 53.5 Å². The van der Waals surface area contributed by atoms with Crippen LogP contribution in [-0.4, -0.2) is 21.9 Å². The van der Waals surface area contributed by atoms with Crippen molar-refractivity contribution in [2.75, 3.05) is 5.32 Å². The van der Waals surface area contributed by atoms with Gasteiger partial charge in [-0.1, -0.05) is 86.7 Å². The maximum Gasteiger partial charge on any atom is 0.255 e. The Labute approximate surface area is 215 Å². The summed E-state index contributed by atoms with van der Waals surface area (Å²) in [5.41, 5.74) is 5.92. The SMILES string of the molecule is CC(C)c1ccccc1C(=O)Nc1cccc(C(=O)c2ccc3c(/C=C/c4ccccc4)n[nH]c3c2)c1. The Bertz CT molecular complexity index is 1610. The zero-order chi connectivity index (χ0) is 25.8. The second-order valence-electron chi connectivity index (χ2n) is 9.22. The Morgan fingerprint density at radius 1 is 0.811 bits per heavy atom. The zero-order valence-corrected chi connectivity index (χ0v) is 20.7. The number of H-pyrrole nitrogens is 1. The highest BCUT2D eigenvalue weighted by molar-refractivity contribution is 6.12. The van der Waals surface area contributed by atoms with Gasteiger partial charge in [-0.15, -0.1) is 0 Å². The van der Waals surface area contributed by atoms with Crippen molar-refractivity contribution in [3.05, 3.63) is 131 Å². The van der Waals surface area contributed by atoms with Crippen LogP contribution in [0.4, 0.5) is 5.69 Å². The van der Waals surface area contributed by atoms with Gasteiger partial charge in [-0.2, -0.15) is 5.10 Å². The van der Waals surface area contributed by atoms with Gasteiger partial charge in [-0.25, -0.2) is 0 Å². The van der Waals surface area contributed by atoms with Gasteiger partial charge < -0.3 is 5.32 Å². The lowest BCUT2D eigenvalue weighted by Gasteiger charge is -2.13. The Balaban J connectivity index is 1.35. The molecule has 5 rings (SSSR count). The number of benzene rings is 4. The molecule has 4 aromatic carbocycles. The van der Waals surface area contributed by atoms with Crippen LogP contribution in [0.1, 0.15) is 62.9 Å². The molecule has 1 aromatic heterocycles. The predicted molar refractivity (Wildman–Crippen MR) is 150 cm³/mol. The average Bonchev–Trinajstić information content (AvgIpc) is 3.34. The molecule has 0 radical (unpaired) electrons. The fourth-order valence-electron chi connectivity index (χ4n) is 4.36. The largest absolute Gasteiger partial charge is 0.322 e. The van der Waals surface area contributed by atoms with Gasteiger partial charge in [0.25, 0.3) is 5.91 Å². The lowest BCUT2D eigenvalue weighted by molar-refractivity contribution is 0.102. The quantitative estimate of drug-likeness (QED) is 0.237. The van der Waals surface area contributed by atoms with E-state index >= 15 is 0 Å². The van der Waals surface area contributed by atoms with Crippen molar-refractivity contribution < 1.29 is 9.59 Å². The standard InChI is InChI=1S/C32H27N3O2/c1-21(2)26-13-6-7-14-27(26)32(37)33-25-12-8-11-23(19-25)31(36)24-16-17-28-29(34-35-30(28)20-24)18-15-22-9-4-3-5-10-22/h3-21H,1-2H3,(H,33,37)(H,34,35)/b18-15+. The van der Waals surface area contributed by atoms with E-state index in [2.05, 4.69) is 29.4 Å². The number of fused-ring (bicyclic) bond motifs is 1. The fourth-order valence-corrected chi connectivity index (χ4v) is 4.36. The van der Waals surface area contributed by atoms with Crippen molar-refractivity contribution in [1.82, 2.24) is 10.2 Å². The lowest BCUT2D eigenvalue weighted by atomic mass is 9.96. The summed E-state index contributed by atoms with van der Waals surface area (Å²) in [5.74, 6) is -0.0953. The summed E-state index contributed by atoms with van der Waals surface area (Å²) in [6.07, 6.45) is 3.97. The van der Waals surface area contributed by atoms with Crippen molar-refractivity contribution in [3.8, 4) is 0 Å². The van der Waals surface area contributed by atoms with E-state index < -0.39 is 0 Å². The number of hydrogen-bond acceptors (Lipinski definition) is 3. The summed E-state index contributed by atoms with van der Waals surface area (Å²) < 4.78 is 0. The third-order valence-corrected chi connectivity index (χ3v) is 6.30. The molecule has 0 aliphatic rings. The van der Waals surface area contributed by atoms with Crippen LogP contribution in [0.3, 0.4) is 0 Å². The number of rotatable bonds is 7. The molecule has 0 aliphatic carbocycles. The molecule has 1 heterocycles. The van der Waals surface area contributed by atoms with Crippen LogP contribution >= 0.6 is 0 Å². The highest BCUT2D eigenvalue weighted by atomic mass is 16.1. The van der Waals surface area contributed by atoms with E-state index in [1.807, 2.05) is 84.9 Å². The highest BCUT2D eigenvalue weighted by Gasteiger charge is 2.16. The summed E-state index contributed by atoms with van der Waals surface area (Å²) in [6.45, 7) is 4.12. The first-order valence-corrected chi connectivity index (χ1v) is 12.3. The van der Waals surface area contributed by atoms with E-state index in [9.17, 15) is 9.59 Å². The monoisotopic (exact) mass is 485 g/mol. The normalized spacial score (nSPS) is 11.3. The molecule has 5 nitrogen and oxygen atoms in total. The number of hydrogen-bond donors (Lipinski definition) is 2. The van der Waals surface area contributed by atoms with Crippen molar-refractivity contribution >= 4 is 40.4 Å². The smallest absolute Gasteiger partial charge is 0.255 e. The molecular formula is C32H27N3O2. The van der Waals surface area contributed by atoms with E-state index in [4.69, 9.17) is 0 Å². The van der Waals surface area contributed by atoms with Crippen molar-refractivity contribution in [2.45, 2.75) is 19.8 Å². The molecule has 0 unspecified atom stereocenters. The van der Waals surface area contributed by atoms with Crippen LogP contribution in [-0.2, 0) is 0 Å². The summed E-state index contributed by atoms with van der Waals surface area (Å²) in [4.78, 5) is 26.3. The summed E-state index contributed by atoms with van der Waals surface area (Å²) >= 11 is 0. The minimum Gasteiger partial charge on any atom is -0.322 e. The van der Waals surface area contributed by atoms with Crippen LogP contribution in [0.5, 0.6) is 0 Å². The van der Waals surface area contributed by atoms with Crippen LogP contribution < -0.4 is 5.32 Å². The zero-order valence-electron chi connectivity index (χ0n) is 20.7. The second kappa shape index (κ2) is 10.5. The first-order chi connectivity index (χ1) is 18.0. The Hall–Kier alpha value is -4.77. The highest BCUT2D eigenvalue weighted by Crippen LogP contribution is 2.24. The first-order valence-electron chi connectivity index (χ1n) is 12.3. The molecule has 0 fully saturated rings.